The number of halogens is 2. The van der Waals surface area contributed by atoms with E-state index in [1.54, 1.807) is 0 Å². The number of carbonyl (C=O) groups is 1. The minimum absolute atomic E-state index is 0.0357. The highest BCUT2D eigenvalue weighted by Gasteiger charge is 2.04. The molecule has 5 heteroatoms. The molecule has 0 bridgehead atoms. The van der Waals surface area contributed by atoms with Crippen molar-refractivity contribution in [1.82, 2.24) is 0 Å². The lowest BCUT2D eigenvalue weighted by atomic mass is 10.3. The number of nitrogens with one attached hydrogen (secondary N) is 1. The number of rotatable bonds is 3. The largest absolute Gasteiger partial charge is 0.324 e. The molecule has 0 atom stereocenters. The average molecular weight is 386 g/mol. The molecule has 2 nitrogen and oxygen atoms in total. The summed E-state index contributed by atoms with van der Waals surface area (Å²) in [6.07, 6.45) is 1.91. The zero-order valence-electron chi connectivity index (χ0n) is 7.51. The van der Waals surface area contributed by atoms with Crippen molar-refractivity contribution in [3.63, 3.8) is 0 Å². The van der Waals surface area contributed by atoms with E-state index in [1.807, 2.05) is 24.5 Å². The summed E-state index contributed by atoms with van der Waals surface area (Å²) in [6, 6.07) is 5.81. The first-order valence-electron chi connectivity index (χ1n) is 3.87. The Hall–Kier alpha value is 0.250. The molecule has 1 rings (SSSR count). The standard InChI is InChI=1S/C9H9BrINOS/c1-14-5-9(13)12-8-4-6(10)2-3-7(8)11/h2-4H,5H2,1H3,(H,12,13). The maximum absolute atomic E-state index is 11.3. The normalized spacial score (nSPS) is 9.93. The maximum Gasteiger partial charge on any atom is 0.234 e. The van der Waals surface area contributed by atoms with E-state index in [1.165, 1.54) is 11.8 Å². The summed E-state index contributed by atoms with van der Waals surface area (Å²) >= 11 is 7.07. The molecule has 0 aliphatic carbocycles. The predicted octanol–water partition coefficient (Wildman–Crippen LogP) is 3.36. The number of benzene rings is 1. The zero-order valence-corrected chi connectivity index (χ0v) is 12.1. The van der Waals surface area contributed by atoms with E-state index < -0.39 is 0 Å². The second kappa shape index (κ2) is 5.97. The van der Waals surface area contributed by atoms with Crippen LogP contribution < -0.4 is 5.32 Å². The summed E-state index contributed by atoms with van der Waals surface area (Å²) in [5.41, 5.74) is 0.860. The minimum atomic E-state index is 0.0357. The molecule has 1 N–H and O–H groups in total. The van der Waals surface area contributed by atoms with E-state index in [0.717, 1.165) is 13.7 Å². The third-order valence-electron chi connectivity index (χ3n) is 1.48. The van der Waals surface area contributed by atoms with Gasteiger partial charge in [-0.25, -0.2) is 0 Å². The van der Waals surface area contributed by atoms with Gasteiger partial charge in [0.05, 0.1) is 11.4 Å². The summed E-state index contributed by atoms with van der Waals surface area (Å²) in [4.78, 5) is 11.3. The lowest BCUT2D eigenvalue weighted by Crippen LogP contribution is -2.14. The molecule has 0 fully saturated rings. The Morgan fingerprint density at radius 1 is 1.64 bits per heavy atom. The van der Waals surface area contributed by atoms with Crippen molar-refractivity contribution < 1.29 is 4.79 Å². The molecular formula is C9H9BrINOS. The molecular weight excluding hydrogens is 377 g/mol. The van der Waals surface area contributed by atoms with Crippen molar-refractivity contribution in [2.24, 2.45) is 0 Å². The monoisotopic (exact) mass is 385 g/mol. The quantitative estimate of drug-likeness (QED) is 0.808. The number of thioether (sulfide) groups is 1. The molecule has 0 spiro atoms. The average Bonchev–Trinajstić information content (AvgIpc) is 2.12. The molecule has 0 saturated heterocycles. The van der Waals surface area contributed by atoms with E-state index in [9.17, 15) is 4.79 Å². The van der Waals surface area contributed by atoms with Gasteiger partial charge in [-0.3, -0.25) is 4.79 Å². The van der Waals surface area contributed by atoms with Gasteiger partial charge in [-0.1, -0.05) is 15.9 Å². The van der Waals surface area contributed by atoms with Gasteiger partial charge in [0, 0.05) is 8.04 Å². The lowest BCUT2D eigenvalue weighted by Gasteiger charge is -2.06. The maximum atomic E-state index is 11.3. The first-order chi connectivity index (χ1) is 6.63. The van der Waals surface area contributed by atoms with Gasteiger partial charge in [0.2, 0.25) is 5.91 Å². The van der Waals surface area contributed by atoms with Gasteiger partial charge in [0.15, 0.2) is 0 Å². The van der Waals surface area contributed by atoms with E-state index in [0.29, 0.717) is 5.75 Å². The van der Waals surface area contributed by atoms with Crippen molar-refractivity contribution in [3.8, 4) is 0 Å². The van der Waals surface area contributed by atoms with Gasteiger partial charge < -0.3 is 5.32 Å². The number of hydrogen-bond acceptors (Lipinski definition) is 2. The van der Waals surface area contributed by atoms with E-state index in [-0.39, 0.29) is 5.91 Å². The Morgan fingerprint density at radius 3 is 3.00 bits per heavy atom. The smallest absolute Gasteiger partial charge is 0.234 e. The zero-order chi connectivity index (χ0) is 10.6. The molecule has 0 aliphatic heterocycles. The Morgan fingerprint density at radius 2 is 2.36 bits per heavy atom. The van der Waals surface area contributed by atoms with Crippen LogP contribution in [0.2, 0.25) is 0 Å². The van der Waals surface area contributed by atoms with Gasteiger partial charge in [0.25, 0.3) is 0 Å². The molecule has 0 aliphatic rings. The fourth-order valence-corrected chi connectivity index (χ4v) is 2.08. The molecule has 0 saturated carbocycles. The highest BCUT2D eigenvalue weighted by Crippen LogP contribution is 2.22. The minimum Gasteiger partial charge on any atom is -0.324 e. The van der Waals surface area contributed by atoms with Crippen LogP contribution in [0.5, 0.6) is 0 Å². The van der Waals surface area contributed by atoms with E-state index in [2.05, 4.69) is 43.8 Å². The molecule has 1 amide bonds. The molecule has 14 heavy (non-hydrogen) atoms. The van der Waals surface area contributed by atoms with Gasteiger partial charge in [0.1, 0.15) is 0 Å². The Balaban J connectivity index is 2.75. The number of amides is 1. The summed E-state index contributed by atoms with van der Waals surface area (Å²) in [7, 11) is 0. The van der Waals surface area contributed by atoms with Gasteiger partial charge >= 0.3 is 0 Å². The van der Waals surface area contributed by atoms with Crippen LogP contribution >= 0.6 is 50.3 Å². The molecule has 0 radical (unpaired) electrons. The Bertz CT molecular complexity index is 346. The van der Waals surface area contributed by atoms with Crippen LogP contribution in [0, 0.1) is 3.57 Å². The number of carbonyl (C=O) groups excluding carboxylic acids is 1. The highest BCUT2D eigenvalue weighted by atomic mass is 127. The molecule has 0 heterocycles. The van der Waals surface area contributed by atoms with Gasteiger partial charge in [-0.05, 0) is 47.0 Å². The van der Waals surface area contributed by atoms with Crippen LogP contribution in [-0.4, -0.2) is 17.9 Å². The van der Waals surface area contributed by atoms with E-state index >= 15 is 0 Å². The van der Waals surface area contributed by atoms with Crippen molar-refractivity contribution in [1.29, 1.82) is 0 Å². The Kier molecular flexibility index (Phi) is 5.25. The molecule has 0 aromatic heterocycles. The molecule has 76 valence electrons. The fraction of sp³-hybridized carbons (Fsp3) is 0.222. The fourth-order valence-electron chi connectivity index (χ4n) is 0.911. The van der Waals surface area contributed by atoms with Crippen molar-refractivity contribution in [2.75, 3.05) is 17.3 Å². The molecule has 1 aromatic rings. The summed E-state index contributed by atoms with van der Waals surface area (Å²) < 4.78 is 2.01. The second-order valence-electron chi connectivity index (χ2n) is 2.61. The predicted molar refractivity (Wildman–Crippen MR) is 73.9 cm³/mol. The molecule has 0 unspecified atom stereocenters. The van der Waals surface area contributed by atoms with Crippen molar-refractivity contribution in [2.45, 2.75) is 0 Å². The summed E-state index contributed by atoms with van der Waals surface area (Å²) in [5.74, 6) is 0.524. The van der Waals surface area contributed by atoms with Crippen LogP contribution in [-0.2, 0) is 4.79 Å². The highest BCUT2D eigenvalue weighted by molar-refractivity contribution is 14.1. The van der Waals surface area contributed by atoms with Crippen LogP contribution in [0.3, 0.4) is 0 Å². The third-order valence-corrected chi connectivity index (χ3v) is 3.46. The second-order valence-corrected chi connectivity index (χ2v) is 5.55. The van der Waals surface area contributed by atoms with Crippen molar-refractivity contribution in [3.05, 3.63) is 26.2 Å². The topological polar surface area (TPSA) is 29.1 Å². The van der Waals surface area contributed by atoms with Crippen LogP contribution in [0.25, 0.3) is 0 Å². The number of hydrogen-bond donors (Lipinski definition) is 1. The summed E-state index contributed by atoms with van der Waals surface area (Å²) in [6.45, 7) is 0. The van der Waals surface area contributed by atoms with Gasteiger partial charge in [-0.2, -0.15) is 11.8 Å². The van der Waals surface area contributed by atoms with E-state index in [4.69, 9.17) is 0 Å². The number of anilines is 1. The summed E-state index contributed by atoms with van der Waals surface area (Å²) in [5, 5.41) is 2.85. The first kappa shape index (κ1) is 12.3. The Labute approximate surface area is 109 Å². The third kappa shape index (κ3) is 3.78. The van der Waals surface area contributed by atoms with Crippen LogP contribution in [0.1, 0.15) is 0 Å². The lowest BCUT2D eigenvalue weighted by molar-refractivity contribution is -0.113. The van der Waals surface area contributed by atoms with Crippen molar-refractivity contribution >= 4 is 61.9 Å². The van der Waals surface area contributed by atoms with Crippen LogP contribution in [0.4, 0.5) is 5.69 Å². The van der Waals surface area contributed by atoms with Crippen LogP contribution in [0.15, 0.2) is 22.7 Å². The molecule has 1 aromatic carbocycles. The van der Waals surface area contributed by atoms with Gasteiger partial charge in [-0.15, -0.1) is 0 Å². The SMILES string of the molecule is CSCC(=O)Nc1cc(Br)ccc1I. The first-order valence-corrected chi connectivity index (χ1v) is 7.14.